The first-order valence-electron chi connectivity index (χ1n) is 6.82. The van der Waals surface area contributed by atoms with Gasteiger partial charge in [-0.15, -0.1) is 0 Å². The second kappa shape index (κ2) is 5.78. The van der Waals surface area contributed by atoms with Gasteiger partial charge < -0.3 is 14.8 Å². The summed E-state index contributed by atoms with van der Waals surface area (Å²) in [5, 5.41) is 2.49. The van der Waals surface area contributed by atoms with Gasteiger partial charge in [0.1, 0.15) is 10.6 Å². The summed E-state index contributed by atoms with van der Waals surface area (Å²) >= 11 is 0. The van der Waals surface area contributed by atoms with Gasteiger partial charge in [-0.05, 0) is 33.0 Å². The second-order valence-corrected chi connectivity index (χ2v) is 7.37. The van der Waals surface area contributed by atoms with Crippen molar-refractivity contribution in [3.8, 4) is 0 Å². The molecule has 0 aromatic carbocycles. The summed E-state index contributed by atoms with van der Waals surface area (Å²) in [5.74, 6) is -0.310. The van der Waals surface area contributed by atoms with Gasteiger partial charge >= 0.3 is 0 Å². The predicted octanol–water partition coefficient (Wildman–Crippen LogP) is -0.244. The molecule has 1 aliphatic rings. The molecule has 0 saturated heterocycles. The van der Waals surface area contributed by atoms with E-state index >= 15 is 0 Å². The highest BCUT2D eigenvalue weighted by molar-refractivity contribution is 7.89. The Kier molecular flexibility index (Phi) is 4.40. The highest BCUT2D eigenvalue weighted by atomic mass is 32.2. The largest absolute Gasteiger partial charge is 0.354 e. The summed E-state index contributed by atoms with van der Waals surface area (Å²) in [4.78, 5) is 13.8. The van der Waals surface area contributed by atoms with Gasteiger partial charge in [0.05, 0.1) is 0 Å². The SMILES string of the molecule is CNC(=O)c1cc(S(=O)(=O)NC2CC(N(C)C)C2)cn1C. The van der Waals surface area contributed by atoms with E-state index < -0.39 is 10.0 Å². The summed E-state index contributed by atoms with van der Waals surface area (Å²) in [5.41, 5.74) is 0.317. The molecule has 2 rings (SSSR count). The number of hydrogen-bond acceptors (Lipinski definition) is 4. The molecule has 1 amide bonds. The Morgan fingerprint density at radius 2 is 2.00 bits per heavy atom. The van der Waals surface area contributed by atoms with Crippen molar-refractivity contribution in [1.82, 2.24) is 19.5 Å². The van der Waals surface area contributed by atoms with Crippen LogP contribution in [0.4, 0.5) is 0 Å². The fourth-order valence-corrected chi connectivity index (χ4v) is 3.76. The minimum Gasteiger partial charge on any atom is -0.354 e. The number of hydrogen-bond donors (Lipinski definition) is 2. The highest BCUT2D eigenvalue weighted by Gasteiger charge is 2.34. The molecule has 1 aromatic rings. The van der Waals surface area contributed by atoms with E-state index in [4.69, 9.17) is 0 Å². The Morgan fingerprint density at radius 1 is 1.38 bits per heavy atom. The normalized spacial score (nSPS) is 22.1. The van der Waals surface area contributed by atoms with Gasteiger partial charge in [0.2, 0.25) is 10.0 Å². The third-order valence-electron chi connectivity index (χ3n) is 3.92. The number of carbonyl (C=O) groups excluding carboxylic acids is 1. The third kappa shape index (κ3) is 3.28. The second-order valence-electron chi connectivity index (χ2n) is 5.66. The summed E-state index contributed by atoms with van der Waals surface area (Å²) in [6.07, 6.45) is 3.07. The van der Waals surface area contributed by atoms with Crippen LogP contribution in [0, 0.1) is 0 Å². The van der Waals surface area contributed by atoms with E-state index in [-0.39, 0.29) is 16.8 Å². The Bertz CT molecular complexity index is 630. The van der Waals surface area contributed by atoms with E-state index in [1.807, 2.05) is 14.1 Å². The van der Waals surface area contributed by atoms with Crippen molar-refractivity contribution in [2.24, 2.45) is 7.05 Å². The standard InChI is InChI=1S/C13H22N4O3S/c1-14-13(18)12-7-11(8-17(12)4)21(19,20)15-9-5-10(6-9)16(2)3/h7-10,15H,5-6H2,1-4H3,(H,14,18). The molecular weight excluding hydrogens is 292 g/mol. The third-order valence-corrected chi connectivity index (χ3v) is 5.40. The Labute approximate surface area is 125 Å². The van der Waals surface area contributed by atoms with Crippen LogP contribution in [0.5, 0.6) is 0 Å². The molecule has 21 heavy (non-hydrogen) atoms. The number of nitrogens with zero attached hydrogens (tertiary/aromatic N) is 2. The lowest BCUT2D eigenvalue weighted by Gasteiger charge is -2.39. The van der Waals surface area contributed by atoms with Gasteiger partial charge in [-0.3, -0.25) is 4.79 Å². The average Bonchev–Trinajstić information content (AvgIpc) is 2.75. The van der Waals surface area contributed by atoms with Crippen LogP contribution >= 0.6 is 0 Å². The van der Waals surface area contributed by atoms with Crippen molar-refractivity contribution in [2.75, 3.05) is 21.1 Å². The van der Waals surface area contributed by atoms with Crippen LogP contribution in [0.2, 0.25) is 0 Å². The Morgan fingerprint density at radius 3 is 2.52 bits per heavy atom. The van der Waals surface area contributed by atoms with Gasteiger partial charge in [-0.25, -0.2) is 13.1 Å². The number of nitrogens with one attached hydrogen (secondary N) is 2. The Hall–Kier alpha value is -1.38. The summed E-state index contributed by atoms with van der Waals surface area (Å²) in [7, 11) is 3.55. The molecule has 1 saturated carbocycles. The van der Waals surface area contributed by atoms with Crippen LogP contribution in [-0.2, 0) is 17.1 Å². The number of aryl methyl sites for hydroxylation is 1. The van der Waals surface area contributed by atoms with Crippen molar-refractivity contribution in [3.63, 3.8) is 0 Å². The first-order valence-corrected chi connectivity index (χ1v) is 8.30. The lowest BCUT2D eigenvalue weighted by Crippen LogP contribution is -2.51. The number of amides is 1. The van der Waals surface area contributed by atoms with E-state index in [1.165, 1.54) is 23.9 Å². The van der Waals surface area contributed by atoms with Gasteiger partial charge in [0.15, 0.2) is 0 Å². The summed E-state index contributed by atoms with van der Waals surface area (Å²) in [6, 6.07) is 1.78. The predicted molar refractivity (Wildman–Crippen MR) is 79.6 cm³/mol. The van der Waals surface area contributed by atoms with Crippen LogP contribution in [-0.4, -0.2) is 57.0 Å². The van der Waals surface area contributed by atoms with Gasteiger partial charge in [-0.1, -0.05) is 0 Å². The molecule has 0 aliphatic heterocycles. The van der Waals surface area contributed by atoms with Crippen molar-refractivity contribution >= 4 is 15.9 Å². The maximum Gasteiger partial charge on any atom is 0.267 e. The highest BCUT2D eigenvalue weighted by Crippen LogP contribution is 2.25. The number of rotatable bonds is 5. The molecule has 0 unspecified atom stereocenters. The van der Waals surface area contributed by atoms with E-state index in [0.717, 1.165) is 12.8 Å². The quantitative estimate of drug-likeness (QED) is 0.785. The molecule has 1 aliphatic carbocycles. The van der Waals surface area contributed by atoms with Gasteiger partial charge in [-0.2, -0.15) is 0 Å². The van der Waals surface area contributed by atoms with E-state index in [0.29, 0.717) is 11.7 Å². The van der Waals surface area contributed by atoms with Crippen LogP contribution in [0.3, 0.4) is 0 Å². The molecule has 0 spiro atoms. The van der Waals surface area contributed by atoms with Crippen molar-refractivity contribution in [3.05, 3.63) is 18.0 Å². The number of sulfonamides is 1. The van der Waals surface area contributed by atoms with Crippen molar-refractivity contribution < 1.29 is 13.2 Å². The monoisotopic (exact) mass is 314 g/mol. The van der Waals surface area contributed by atoms with Crippen molar-refractivity contribution in [2.45, 2.75) is 29.8 Å². The van der Waals surface area contributed by atoms with Gasteiger partial charge in [0, 0.05) is 32.4 Å². The molecule has 0 bridgehead atoms. The van der Waals surface area contributed by atoms with E-state index in [2.05, 4.69) is 14.9 Å². The lowest BCUT2D eigenvalue weighted by atomic mass is 9.87. The van der Waals surface area contributed by atoms with Gasteiger partial charge in [0.25, 0.3) is 5.91 Å². The molecule has 7 nitrogen and oxygen atoms in total. The fourth-order valence-electron chi connectivity index (χ4n) is 2.43. The van der Waals surface area contributed by atoms with E-state index in [1.54, 1.807) is 7.05 Å². The molecule has 1 heterocycles. The molecule has 0 radical (unpaired) electrons. The zero-order chi connectivity index (χ0) is 15.8. The maximum atomic E-state index is 12.3. The minimum absolute atomic E-state index is 0.0361. The lowest BCUT2D eigenvalue weighted by molar-refractivity contribution is 0.0955. The molecular formula is C13H22N4O3S. The average molecular weight is 314 g/mol. The number of aromatic nitrogens is 1. The first-order chi connectivity index (χ1) is 9.74. The zero-order valence-electron chi connectivity index (χ0n) is 12.8. The molecule has 1 aromatic heterocycles. The smallest absolute Gasteiger partial charge is 0.267 e. The molecule has 8 heteroatoms. The van der Waals surface area contributed by atoms with Crippen LogP contribution in [0.25, 0.3) is 0 Å². The molecule has 1 fully saturated rings. The molecule has 118 valence electrons. The maximum absolute atomic E-state index is 12.3. The van der Waals surface area contributed by atoms with Crippen LogP contribution in [0.1, 0.15) is 23.3 Å². The summed E-state index contributed by atoms with van der Waals surface area (Å²) < 4.78 is 28.8. The number of carbonyl (C=O) groups is 1. The minimum atomic E-state index is -3.58. The molecule has 2 N–H and O–H groups in total. The Balaban J connectivity index is 2.09. The van der Waals surface area contributed by atoms with E-state index in [9.17, 15) is 13.2 Å². The summed E-state index contributed by atoms with van der Waals surface area (Å²) in [6.45, 7) is 0. The van der Waals surface area contributed by atoms with Crippen LogP contribution in [0.15, 0.2) is 17.2 Å². The molecule has 0 atom stereocenters. The topological polar surface area (TPSA) is 83.4 Å². The first kappa shape index (κ1) is 16.0. The fraction of sp³-hybridized carbons (Fsp3) is 0.615. The zero-order valence-corrected chi connectivity index (χ0v) is 13.6. The van der Waals surface area contributed by atoms with Crippen molar-refractivity contribution in [1.29, 1.82) is 0 Å². The van der Waals surface area contributed by atoms with Crippen LogP contribution < -0.4 is 10.0 Å².